The number of aromatic nitrogens is 1. The Labute approximate surface area is 167 Å². The van der Waals surface area contributed by atoms with E-state index in [2.05, 4.69) is 15.6 Å². The van der Waals surface area contributed by atoms with Gasteiger partial charge >= 0.3 is 6.18 Å². The van der Waals surface area contributed by atoms with Crippen LogP contribution in [0.2, 0.25) is 0 Å². The number of amides is 1. The van der Waals surface area contributed by atoms with Crippen molar-refractivity contribution in [3.63, 3.8) is 0 Å². The van der Waals surface area contributed by atoms with Gasteiger partial charge in [-0.1, -0.05) is 6.07 Å². The van der Waals surface area contributed by atoms with Gasteiger partial charge in [-0.05, 0) is 31.6 Å². The van der Waals surface area contributed by atoms with Gasteiger partial charge in [0.2, 0.25) is 5.91 Å². The molecule has 1 aromatic heterocycles. The highest BCUT2D eigenvalue weighted by molar-refractivity contribution is 5.79. The van der Waals surface area contributed by atoms with Crippen LogP contribution in [0.5, 0.6) is 0 Å². The van der Waals surface area contributed by atoms with Gasteiger partial charge < -0.3 is 15.6 Å². The molecule has 1 atom stereocenters. The molecule has 1 aromatic carbocycles. The lowest BCUT2D eigenvalue weighted by Crippen LogP contribution is -2.49. The van der Waals surface area contributed by atoms with E-state index in [1.807, 2.05) is 0 Å². The maximum absolute atomic E-state index is 13.9. The third-order valence-electron chi connectivity index (χ3n) is 4.88. The van der Waals surface area contributed by atoms with Crippen molar-refractivity contribution in [2.75, 3.05) is 6.54 Å². The minimum atomic E-state index is -4.67. The van der Waals surface area contributed by atoms with E-state index in [1.165, 1.54) is 26.0 Å². The van der Waals surface area contributed by atoms with Crippen LogP contribution in [0.25, 0.3) is 11.8 Å². The first-order valence-corrected chi connectivity index (χ1v) is 9.00. The van der Waals surface area contributed by atoms with E-state index in [9.17, 15) is 31.5 Å². The van der Waals surface area contributed by atoms with Gasteiger partial charge in [0.25, 0.3) is 5.56 Å². The summed E-state index contributed by atoms with van der Waals surface area (Å²) < 4.78 is 67.1. The summed E-state index contributed by atoms with van der Waals surface area (Å²) in [5, 5.41) is 4.56. The maximum Gasteiger partial charge on any atom is 0.431 e. The monoisotopic (exact) mass is 427 g/mol. The number of benzene rings is 1. The van der Waals surface area contributed by atoms with Crippen LogP contribution < -0.4 is 26.8 Å². The Morgan fingerprint density at radius 1 is 1.27 bits per heavy atom. The molecule has 5 nitrogen and oxygen atoms in total. The summed E-state index contributed by atoms with van der Waals surface area (Å²) >= 11 is 0. The molecule has 0 aliphatic carbocycles. The van der Waals surface area contributed by atoms with Gasteiger partial charge in [0.05, 0.1) is 12.5 Å². The molecule has 1 aliphatic heterocycles. The van der Waals surface area contributed by atoms with Crippen molar-refractivity contribution in [1.29, 1.82) is 0 Å². The number of aromatic amines is 1. The number of carbonyl (C=O) groups is 1. The SMILES string of the molecule is Cc1c(CC(=O)N[C@H](C)c2ccc(F)cc2F)c(=O)[nH]c2c1=C(C(F)(F)F)NCC=2. The zero-order valence-electron chi connectivity index (χ0n) is 16.0. The molecule has 2 heterocycles. The Kier molecular flexibility index (Phi) is 5.69. The molecule has 0 fully saturated rings. The van der Waals surface area contributed by atoms with Gasteiger partial charge in [-0.25, -0.2) is 8.78 Å². The molecular weight excluding hydrogens is 409 g/mol. The highest BCUT2D eigenvalue weighted by Crippen LogP contribution is 2.24. The Morgan fingerprint density at radius 3 is 2.60 bits per heavy atom. The first-order valence-electron chi connectivity index (χ1n) is 9.00. The van der Waals surface area contributed by atoms with Crippen LogP contribution in [0.4, 0.5) is 22.0 Å². The second kappa shape index (κ2) is 7.92. The van der Waals surface area contributed by atoms with Crippen LogP contribution >= 0.6 is 0 Å². The largest absolute Gasteiger partial charge is 0.431 e. The normalized spacial score (nSPS) is 14.4. The maximum atomic E-state index is 13.9. The second-order valence-corrected chi connectivity index (χ2v) is 6.94. The van der Waals surface area contributed by atoms with Gasteiger partial charge in [-0.2, -0.15) is 13.2 Å². The number of alkyl halides is 3. The predicted molar refractivity (Wildman–Crippen MR) is 99.6 cm³/mol. The molecule has 1 amide bonds. The number of halogens is 5. The summed E-state index contributed by atoms with van der Waals surface area (Å²) in [5.74, 6) is -2.31. The van der Waals surface area contributed by atoms with Crippen molar-refractivity contribution in [2.24, 2.45) is 0 Å². The predicted octanol–water partition coefficient (Wildman–Crippen LogP) is 1.44. The van der Waals surface area contributed by atoms with Gasteiger partial charge in [0.1, 0.15) is 17.3 Å². The Hall–Kier alpha value is -3.17. The van der Waals surface area contributed by atoms with E-state index in [1.54, 1.807) is 0 Å². The molecule has 0 spiro atoms. The van der Waals surface area contributed by atoms with E-state index in [0.717, 1.165) is 6.07 Å². The number of nitrogens with one attached hydrogen (secondary N) is 3. The summed E-state index contributed by atoms with van der Waals surface area (Å²) in [6.45, 7) is 2.71. The quantitative estimate of drug-likeness (QED) is 0.647. The number of carbonyl (C=O) groups excluding carboxylic acids is 1. The van der Waals surface area contributed by atoms with Crippen LogP contribution in [0, 0.1) is 18.6 Å². The van der Waals surface area contributed by atoms with Gasteiger partial charge in [0.15, 0.2) is 0 Å². The number of pyridine rings is 1. The first kappa shape index (κ1) is 21.5. The molecule has 0 saturated carbocycles. The fourth-order valence-corrected chi connectivity index (χ4v) is 3.44. The van der Waals surface area contributed by atoms with E-state index in [4.69, 9.17) is 0 Å². The molecule has 2 aromatic rings. The average Bonchev–Trinajstić information content (AvgIpc) is 2.63. The number of hydrogen-bond donors (Lipinski definition) is 3. The lowest BCUT2D eigenvalue weighted by molar-refractivity contribution is -0.121. The van der Waals surface area contributed by atoms with Crippen LogP contribution in [-0.2, 0) is 11.2 Å². The molecule has 160 valence electrons. The summed E-state index contributed by atoms with van der Waals surface area (Å²) in [6, 6.07) is 2.05. The van der Waals surface area contributed by atoms with Crippen molar-refractivity contribution < 1.29 is 26.7 Å². The van der Waals surface area contributed by atoms with Gasteiger partial charge in [0, 0.05) is 34.3 Å². The van der Waals surface area contributed by atoms with Crippen molar-refractivity contribution in [1.82, 2.24) is 15.6 Å². The first-order chi connectivity index (χ1) is 14.0. The number of fused-ring (bicyclic) bond motifs is 1. The minimum absolute atomic E-state index is 0.0280. The third kappa shape index (κ3) is 4.22. The van der Waals surface area contributed by atoms with Gasteiger partial charge in [-0.15, -0.1) is 0 Å². The molecule has 1 aliphatic rings. The molecule has 3 N–H and O–H groups in total. The Balaban J connectivity index is 1.94. The standard InChI is InChI=1S/C20H18F5N3O2/c1-9-13(8-16(29)27-10(2)12-4-3-11(21)7-14(12)22)19(30)28-15-5-6-26-18(17(9)15)20(23,24)25/h3-5,7,10,26H,6,8H2,1-2H3,(H,27,29)(H,28,30)/t10-/m1/s1. The van der Waals surface area contributed by atoms with Crippen LogP contribution in [0.15, 0.2) is 23.0 Å². The molecule has 0 radical (unpaired) electrons. The Morgan fingerprint density at radius 2 is 1.97 bits per heavy atom. The molecule has 30 heavy (non-hydrogen) atoms. The van der Waals surface area contributed by atoms with Crippen molar-refractivity contribution in [2.45, 2.75) is 32.5 Å². The molecule has 0 bridgehead atoms. The molecule has 0 saturated heterocycles. The third-order valence-corrected chi connectivity index (χ3v) is 4.88. The van der Waals surface area contributed by atoms with E-state index >= 15 is 0 Å². The fraction of sp³-hybridized carbons (Fsp3) is 0.300. The van der Waals surface area contributed by atoms with Crippen molar-refractivity contribution in [3.05, 3.63) is 67.4 Å². The van der Waals surface area contributed by atoms with E-state index in [0.29, 0.717) is 6.07 Å². The fourth-order valence-electron chi connectivity index (χ4n) is 3.44. The summed E-state index contributed by atoms with van der Waals surface area (Å²) in [6.07, 6.45) is -3.75. The summed E-state index contributed by atoms with van der Waals surface area (Å²) in [5.41, 5.74) is -1.73. The van der Waals surface area contributed by atoms with Crippen molar-refractivity contribution >= 4 is 17.7 Å². The zero-order valence-corrected chi connectivity index (χ0v) is 16.0. The summed E-state index contributed by atoms with van der Waals surface area (Å²) in [7, 11) is 0. The van der Waals surface area contributed by atoms with Crippen LogP contribution in [0.3, 0.4) is 0 Å². The van der Waals surface area contributed by atoms with Gasteiger partial charge in [-0.3, -0.25) is 9.59 Å². The van der Waals surface area contributed by atoms with E-state index < -0.39 is 47.4 Å². The van der Waals surface area contributed by atoms with Crippen molar-refractivity contribution in [3.8, 4) is 0 Å². The second-order valence-electron chi connectivity index (χ2n) is 6.94. The lowest BCUT2D eigenvalue weighted by Gasteiger charge is -2.19. The smallest absolute Gasteiger partial charge is 0.377 e. The number of hydrogen-bond acceptors (Lipinski definition) is 3. The highest BCUT2D eigenvalue weighted by Gasteiger charge is 2.36. The molecule has 3 rings (SSSR count). The highest BCUT2D eigenvalue weighted by atomic mass is 19.4. The Bertz CT molecular complexity index is 1180. The minimum Gasteiger partial charge on any atom is -0.377 e. The number of rotatable bonds is 4. The van der Waals surface area contributed by atoms with E-state index in [-0.39, 0.29) is 33.8 Å². The zero-order chi connectivity index (χ0) is 22.2. The topological polar surface area (TPSA) is 74.0 Å². The van der Waals surface area contributed by atoms with Crippen LogP contribution in [0.1, 0.15) is 29.7 Å². The van der Waals surface area contributed by atoms with Crippen LogP contribution in [-0.4, -0.2) is 23.6 Å². The molecule has 10 heteroatoms. The lowest BCUT2D eigenvalue weighted by atomic mass is 10.0. The molecule has 0 unspecified atom stereocenters. The molecular formula is C20H18F5N3O2. The summed E-state index contributed by atoms with van der Waals surface area (Å²) in [4.78, 5) is 27.2. The number of H-pyrrole nitrogens is 1. The average molecular weight is 427 g/mol.